The Bertz CT molecular complexity index is 488. The lowest BCUT2D eigenvalue weighted by atomic mass is 9.96. The fourth-order valence-corrected chi connectivity index (χ4v) is 3.12. The van der Waals surface area contributed by atoms with Gasteiger partial charge >= 0.3 is 0 Å². The highest BCUT2D eigenvalue weighted by atomic mass is 32.2. The summed E-state index contributed by atoms with van der Waals surface area (Å²) >= 11 is 0. The summed E-state index contributed by atoms with van der Waals surface area (Å²) in [6.45, 7) is 10.9. The fraction of sp³-hybridized carbons (Fsp3) is 0.714. The summed E-state index contributed by atoms with van der Waals surface area (Å²) in [6, 6.07) is 1.99. The van der Waals surface area contributed by atoms with E-state index in [1.807, 2.05) is 6.07 Å². The summed E-state index contributed by atoms with van der Waals surface area (Å²) < 4.78 is 11.5. The van der Waals surface area contributed by atoms with E-state index in [1.54, 1.807) is 0 Å². The van der Waals surface area contributed by atoms with Crippen LogP contribution in [0.2, 0.25) is 0 Å². The van der Waals surface area contributed by atoms with Gasteiger partial charge in [0.05, 0.1) is 0 Å². The van der Waals surface area contributed by atoms with Crippen LogP contribution in [0.1, 0.15) is 33.5 Å². The first-order chi connectivity index (χ1) is 9.40. The molecule has 0 saturated carbocycles. The van der Waals surface area contributed by atoms with Gasteiger partial charge in [0.1, 0.15) is 17.5 Å². The van der Waals surface area contributed by atoms with Gasteiger partial charge < -0.3 is 10.2 Å². The molecule has 112 valence electrons. The zero-order chi connectivity index (χ0) is 14.8. The average molecular weight is 296 g/mol. The van der Waals surface area contributed by atoms with E-state index in [4.69, 9.17) is 4.98 Å². The molecule has 20 heavy (non-hydrogen) atoms. The van der Waals surface area contributed by atoms with Crippen LogP contribution in [-0.2, 0) is 16.2 Å². The van der Waals surface area contributed by atoms with Crippen LogP contribution in [0.25, 0.3) is 0 Å². The zero-order valence-electron chi connectivity index (χ0n) is 12.8. The Hall–Kier alpha value is -1.17. The van der Waals surface area contributed by atoms with Gasteiger partial charge in [0, 0.05) is 53.4 Å². The lowest BCUT2D eigenvalue weighted by molar-refractivity contribution is 0.544. The largest absolute Gasteiger partial charge is 0.370 e. The van der Waals surface area contributed by atoms with Crippen LogP contribution in [0.5, 0.6) is 0 Å². The van der Waals surface area contributed by atoms with Gasteiger partial charge in [0.15, 0.2) is 0 Å². The van der Waals surface area contributed by atoms with Crippen molar-refractivity contribution in [1.82, 2.24) is 9.97 Å². The van der Waals surface area contributed by atoms with E-state index in [0.717, 1.165) is 48.6 Å². The van der Waals surface area contributed by atoms with Gasteiger partial charge in [0.25, 0.3) is 0 Å². The molecular formula is C14H24N4OS. The van der Waals surface area contributed by atoms with Crippen LogP contribution in [0.4, 0.5) is 11.6 Å². The first-order valence-corrected chi connectivity index (χ1v) is 8.62. The Kier molecular flexibility index (Phi) is 4.62. The van der Waals surface area contributed by atoms with E-state index in [2.05, 4.69) is 42.9 Å². The molecular weight excluding hydrogens is 272 g/mol. The summed E-state index contributed by atoms with van der Waals surface area (Å²) in [5, 5.41) is 3.27. The van der Waals surface area contributed by atoms with Crippen molar-refractivity contribution in [3.05, 3.63) is 11.9 Å². The SMILES string of the molecule is CCNc1cc(N2CCS(=O)CC2)nc(C(C)(C)C)n1. The first kappa shape index (κ1) is 15.2. The van der Waals surface area contributed by atoms with E-state index in [9.17, 15) is 4.21 Å². The van der Waals surface area contributed by atoms with E-state index < -0.39 is 10.8 Å². The summed E-state index contributed by atoms with van der Waals surface area (Å²) in [6.07, 6.45) is 0. The molecule has 5 nitrogen and oxygen atoms in total. The number of hydrogen-bond acceptors (Lipinski definition) is 5. The molecule has 2 heterocycles. The molecule has 1 N–H and O–H groups in total. The maximum atomic E-state index is 11.5. The van der Waals surface area contributed by atoms with Crippen molar-refractivity contribution in [3.8, 4) is 0 Å². The van der Waals surface area contributed by atoms with Gasteiger partial charge in [-0.1, -0.05) is 20.8 Å². The van der Waals surface area contributed by atoms with Crippen molar-refractivity contribution in [3.63, 3.8) is 0 Å². The van der Waals surface area contributed by atoms with Crippen molar-refractivity contribution < 1.29 is 4.21 Å². The number of nitrogens with zero attached hydrogens (tertiary/aromatic N) is 3. The Morgan fingerprint density at radius 2 is 1.95 bits per heavy atom. The van der Waals surface area contributed by atoms with Crippen molar-refractivity contribution in [2.45, 2.75) is 33.1 Å². The summed E-state index contributed by atoms with van der Waals surface area (Å²) in [4.78, 5) is 11.5. The van der Waals surface area contributed by atoms with E-state index in [1.165, 1.54) is 0 Å². The predicted molar refractivity (Wildman–Crippen MR) is 85.0 cm³/mol. The molecule has 6 heteroatoms. The third-order valence-electron chi connectivity index (χ3n) is 3.24. The molecule has 0 radical (unpaired) electrons. The molecule has 0 bridgehead atoms. The third kappa shape index (κ3) is 3.69. The smallest absolute Gasteiger partial charge is 0.138 e. The second-order valence-electron chi connectivity index (χ2n) is 6.05. The summed E-state index contributed by atoms with van der Waals surface area (Å²) in [7, 11) is -0.667. The molecule has 1 aliphatic rings. The van der Waals surface area contributed by atoms with Crippen molar-refractivity contribution in [2.24, 2.45) is 0 Å². The minimum absolute atomic E-state index is 0.0845. The zero-order valence-corrected chi connectivity index (χ0v) is 13.6. The highest BCUT2D eigenvalue weighted by Crippen LogP contribution is 2.24. The van der Waals surface area contributed by atoms with Crippen molar-refractivity contribution in [2.75, 3.05) is 41.4 Å². The van der Waals surface area contributed by atoms with E-state index in [-0.39, 0.29) is 5.41 Å². The number of anilines is 2. The molecule has 1 aromatic rings. The van der Waals surface area contributed by atoms with Crippen LogP contribution in [0.15, 0.2) is 6.07 Å². The lowest BCUT2D eigenvalue weighted by Crippen LogP contribution is -2.38. The Balaban J connectivity index is 2.31. The van der Waals surface area contributed by atoms with Gasteiger partial charge in [-0.3, -0.25) is 4.21 Å². The molecule has 2 rings (SSSR count). The number of aromatic nitrogens is 2. The van der Waals surface area contributed by atoms with Crippen LogP contribution >= 0.6 is 0 Å². The summed E-state index contributed by atoms with van der Waals surface area (Å²) in [5.74, 6) is 4.11. The highest BCUT2D eigenvalue weighted by molar-refractivity contribution is 7.85. The molecule has 1 saturated heterocycles. The number of rotatable bonds is 3. The molecule has 1 aliphatic heterocycles. The number of hydrogen-bond donors (Lipinski definition) is 1. The molecule has 0 aromatic carbocycles. The Morgan fingerprint density at radius 3 is 2.50 bits per heavy atom. The quantitative estimate of drug-likeness (QED) is 0.921. The monoisotopic (exact) mass is 296 g/mol. The lowest BCUT2D eigenvalue weighted by Gasteiger charge is -2.29. The standard InChI is InChI=1S/C14H24N4OS/c1-5-15-11-10-12(17-13(16-11)14(2,3)4)18-6-8-20(19)9-7-18/h10H,5-9H2,1-4H3,(H,15,16,17). The Labute approximate surface area is 123 Å². The highest BCUT2D eigenvalue weighted by Gasteiger charge is 2.22. The fourth-order valence-electron chi connectivity index (χ4n) is 2.07. The van der Waals surface area contributed by atoms with Gasteiger partial charge in [-0.25, -0.2) is 9.97 Å². The Morgan fingerprint density at radius 1 is 1.30 bits per heavy atom. The molecule has 1 fully saturated rings. The van der Waals surface area contributed by atoms with Crippen molar-refractivity contribution in [1.29, 1.82) is 0 Å². The van der Waals surface area contributed by atoms with Crippen LogP contribution < -0.4 is 10.2 Å². The van der Waals surface area contributed by atoms with Crippen molar-refractivity contribution >= 4 is 22.4 Å². The second-order valence-corrected chi connectivity index (χ2v) is 7.75. The van der Waals surface area contributed by atoms with Gasteiger partial charge in [-0.2, -0.15) is 0 Å². The van der Waals surface area contributed by atoms with Gasteiger partial charge in [-0.15, -0.1) is 0 Å². The van der Waals surface area contributed by atoms with Gasteiger partial charge in [-0.05, 0) is 6.92 Å². The second kappa shape index (κ2) is 6.08. The van der Waals surface area contributed by atoms with Crippen LogP contribution in [-0.4, -0.2) is 45.3 Å². The maximum absolute atomic E-state index is 11.5. The minimum atomic E-state index is -0.667. The maximum Gasteiger partial charge on any atom is 0.138 e. The molecule has 0 spiro atoms. The van der Waals surface area contributed by atoms with Crippen LogP contribution in [0.3, 0.4) is 0 Å². The topological polar surface area (TPSA) is 58.1 Å². The van der Waals surface area contributed by atoms with E-state index >= 15 is 0 Å². The number of nitrogens with one attached hydrogen (secondary N) is 1. The predicted octanol–water partition coefficient (Wildman–Crippen LogP) is 1.77. The third-order valence-corrected chi connectivity index (χ3v) is 4.52. The normalized spacial score (nSPS) is 17.3. The average Bonchev–Trinajstić information content (AvgIpc) is 2.38. The molecule has 1 aromatic heterocycles. The van der Waals surface area contributed by atoms with E-state index in [0.29, 0.717) is 0 Å². The minimum Gasteiger partial charge on any atom is -0.370 e. The van der Waals surface area contributed by atoms with Crippen LogP contribution in [0, 0.1) is 0 Å². The molecule has 0 amide bonds. The molecule has 0 unspecified atom stereocenters. The molecule has 0 atom stereocenters. The molecule has 0 aliphatic carbocycles. The first-order valence-electron chi connectivity index (χ1n) is 7.13. The summed E-state index contributed by atoms with van der Waals surface area (Å²) in [5.41, 5.74) is -0.0845. The van der Waals surface area contributed by atoms with Gasteiger partial charge in [0.2, 0.25) is 0 Å².